The minimum atomic E-state index is -3.92. The van der Waals surface area contributed by atoms with Crippen LogP contribution in [0.25, 0.3) is 0 Å². The van der Waals surface area contributed by atoms with E-state index in [2.05, 4.69) is 15.2 Å². The molecular weight excluding hydrogens is 302 g/mol. The van der Waals surface area contributed by atoms with Crippen molar-refractivity contribution in [2.45, 2.75) is 19.4 Å². The Morgan fingerprint density at radius 2 is 1.86 bits per heavy atom. The Bertz CT molecular complexity index is 731. The summed E-state index contributed by atoms with van der Waals surface area (Å²) in [6.07, 6.45) is 2.52. The molecule has 116 valence electrons. The van der Waals surface area contributed by atoms with Crippen molar-refractivity contribution in [1.82, 2.24) is 4.98 Å². The first-order valence-corrected chi connectivity index (χ1v) is 8.46. The average molecular weight is 319 g/mol. The topological polar surface area (TPSA) is 92.0 Å². The highest BCUT2D eigenvalue weighted by Crippen LogP contribution is 2.14. The Hall–Kier alpha value is -2.12. The van der Waals surface area contributed by atoms with Gasteiger partial charge in [0, 0.05) is 6.20 Å². The number of aryl methyl sites for hydroxylation is 1. The second kappa shape index (κ2) is 7.77. The molecule has 0 unspecified atom stereocenters. The first-order chi connectivity index (χ1) is 10.5. The number of benzene rings is 1. The van der Waals surface area contributed by atoms with Gasteiger partial charge < -0.3 is 0 Å². The van der Waals surface area contributed by atoms with Gasteiger partial charge >= 0.3 is 0 Å². The Morgan fingerprint density at radius 3 is 2.59 bits per heavy atom. The van der Waals surface area contributed by atoms with Gasteiger partial charge in [-0.3, -0.25) is 9.54 Å². The van der Waals surface area contributed by atoms with E-state index >= 15 is 0 Å². The van der Waals surface area contributed by atoms with Crippen LogP contribution in [0.4, 0.5) is 5.69 Å². The maximum Gasteiger partial charge on any atom is 0.264 e. The molecule has 1 heterocycles. The smallest absolute Gasteiger partial charge is 0.264 e. The molecule has 1 N–H and O–H groups in total. The largest absolute Gasteiger partial charge is 0.286 e. The van der Waals surface area contributed by atoms with E-state index in [0.29, 0.717) is 19.4 Å². The van der Waals surface area contributed by atoms with Crippen LogP contribution in [0.2, 0.25) is 0 Å². The van der Waals surface area contributed by atoms with E-state index in [4.69, 9.17) is 4.55 Å². The number of azo groups is 1. The summed E-state index contributed by atoms with van der Waals surface area (Å²) in [5.41, 5.74) is 2.45. The zero-order valence-electron chi connectivity index (χ0n) is 12.0. The number of aromatic nitrogens is 1. The van der Waals surface area contributed by atoms with Crippen molar-refractivity contribution in [3.05, 3.63) is 59.9 Å². The lowest BCUT2D eigenvalue weighted by Crippen LogP contribution is -2.06. The molecule has 0 radical (unpaired) electrons. The highest BCUT2D eigenvalue weighted by Gasteiger charge is 2.07. The third-order valence-electron chi connectivity index (χ3n) is 3.00. The SMILES string of the molecule is O=S(=O)(O)CCCc1cccnc1CN=Nc1ccccc1. The quantitative estimate of drug-likeness (QED) is 0.626. The van der Waals surface area contributed by atoms with Gasteiger partial charge in [0.1, 0.15) is 6.54 Å². The van der Waals surface area contributed by atoms with Crippen LogP contribution in [0.3, 0.4) is 0 Å². The summed E-state index contributed by atoms with van der Waals surface area (Å²) in [6, 6.07) is 13.1. The van der Waals surface area contributed by atoms with Gasteiger partial charge in [-0.05, 0) is 36.6 Å². The number of nitrogens with zero attached hydrogens (tertiary/aromatic N) is 3. The summed E-state index contributed by atoms with van der Waals surface area (Å²) < 4.78 is 30.2. The van der Waals surface area contributed by atoms with Crippen molar-refractivity contribution in [1.29, 1.82) is 0 Å². The molecule has 0 spiro atoms. The van der Waals surface area contributed by atoms with E-state index in [1.54, 1.807) is 12.3 Å². The summed E-state index contributed by atoms with van der Waals surface area (Å²) in [7, 11) is -3.92. The monoisotopic (exact) mass is 319 g/mol. The van der Waals surface area contributed by atoms with Gasteiger partial charge in [-0.2, -0.15) is 18.6 Å². The molecule has 22 heavy (non-hydrogen) atoms. The van der Waals surface area contributed by atoms with Crippen LogP contribution < -0.4 is 0 Å². The molecule has 0 aliphatic heterocycles. The first kappa shape index (κ1) is 16.3. The van der Waals surface area contributed by atoms with Crippen LogP contribution in [0.15, 0.2) is 58.9 Å². The van der Waals surface area contributed by atoms with Gasteiger partial charge in [-0.1, -0.05) is 24.3 Å². The molecule has 1 aromatic heterocycles. The highest BCUT2D eigenvalue weighted by molar-refractivity contribution is 7.85. The van der Waals surface area contributed by atoms with Crippen LogP contribution in [0, 0.1) is 0 Å². The summed E-state index contributed by atoms with van der Waals surface area (Å²) in [4.78, 5) is 4.26. The Labute approximate surface area is 129 Å². The lowest BCUT2D eigenvalue weighted by atomic mass is 10.1. The molecule has 6 nitrogen and oxygen atoms in total. The molecule has 0 saturated carbocycles. The lowest BCUT2D eigenvalue weighted by Gasteiger charge is -2.05. The fourth-order valence-corrected chi connectivity index (χ4v) is 2.47. The molecule has 0 atom stereocenters. The normalized spacial score (nSPS) is 11.9. The third kappa shape index (κ3) is 5.71. The second-order valence-electron chi connectivity index (χ2n) is 4.73. The van der Waals surface area contributed by atoms with Crippen LogP contribution in [-0.2, 0) is 23.1 Å². The van der Waals surface area contributed by atoms with Gasteiger partial charge in [0.2, 0.25) is 0 Å². The van der Waals surface area contributed by atoms with Crippen molar-refractivity contribution in [3.63, 3.8) is 0 Å². The van der Waals surface area contributed by atoms with Gasteiger partial charge in [0.25, 0.3) is 10.1 Å². The van der Waals surface area contributed by atoms with Gasteiger partial charge in [0.15, 0.2) is 0 Å². The third-order valence-corrected chi connectivity index (χ3v) is 3.80. The van der Waals surface area contributed by atoms with E-state index in [0.717, 1.165) is 16.9 Å². The second-order valence-corrected chi connectivity index (χ2v) is 6.31. The fourth-order valence-electron chi connectivity index (χ4n) is 1.96. The predicted molar refractivity (Wildman–Crippen MR) is 83.6 cm³/mol. The number of rotatable bonds is 7. The Morgan fingerprint density at radius 1 is 1.09 bits per heavy atom. The zero-order chi connectivity index (χ0) is 15.8. The Kier molecular flexibility index (Phi) is 5.74. The average Bonchev–Trinajstić information content (AvgIpc) is 2.49. The number of pyridine rings is 1. The van der Waals surface area contributed by atoms with Crippen molar-refractivity contribution in [2.75, 3.05) is 5.75 Å². The minimum Gasteiger partial charge on any atom is -0.286 e. The van der Waals surface area contributed by atoms with Gasteiger partial charge in [-0.15, -0.1) is 0 Å². The van der Waals surface area contributed by atoms with Crippen molar-refractivity contribution in [3.8, 4) is 0 Å². The van der Waals surface area contributed by atoms with E-state index in [-0.39, 0.29) is 5.75 Å². The van der Waals surface area contributed by atoms with Crippen LogP contribution in [0.1, 0.15) is 17.7 Å². The van der Waals surface area contributed by atoms with Crippen molar-refractivity contribution >= 4 is 15.8 Å². The Balaban J connectivity index is 1.97. The van der Waals surface area contributed by atoms with E-state index in [9.17, 15) is 8.42 Å². The number of hydrogen-bond donors (Lipinski definition) is 1. The lowest BCUT2D eigenvalue weighted by molar-refractivity contribution is 0.481. The van der Waals surface area contributed by atoms with Crippen LogP contribution >= 0.6 is 0 Å². The number of hydrogen-bond acceptors (Lipinski definition) is 5. The van der Waals surface area contributed by atoms with E-state index < -0.39 is 10.1 Å². The molecule has 0 fully saturated rings. The van der Waals surface area contributed by atoms with E-state index in [1.807, 2.05) is 36.4 Å². The van der Waals surface area contributed by atoms with Gasteiger partial charge in [0.05, 0.1) is 17.1 Å². The van der Waals surface area contributed by atoms with E-state index in [1.165, 1.54) is 0 Å². The summed E-state index contributed by atoms with van der Waals surface area (Å²) in [6.45, 7) is 0.330. The summed E-state index contributed by atoms with van der Waals surface area (Å²) in [5.74, 6) is -0.257. The molecule has 1 aromatic carbocycles. The molecular formula is C15H17N3O3S. The minimum absolute atomic E-state index is 0.257. The zero-order valence-corrected chi connectivity index (χ0v) is 12.8. The van der Waals surface area contributed by atoms with Crippen LogP contribution in [-0.4, -0.2) is 23.7 Å². The molecule has 0 saturated heterocycles. The molecule has 2 aromatic rings. The molecule has 2 rings (SSSR count). The maximum atomic E-state index is 10.7. The molecule has 0 amide bonds. The maximum absolute atomic E-state index is 10.7. The van der Waals surface area contributed by atoms with Crippen LogP contribution in [0.5, 0.6) is 0 Å². The molecule has 0 aliphatic carbocycles. The van der Waals surface area contributed by atoms with Gasteiger partial charge in [-0.25, -0.2) is 0 Å². The summed E-state index contributed by atoms with van der Waals surface area (Å²) in [5, 5.41) is 8.24. The fraction of sp³-hybridized carbons (Fsp3) is 0.267. The molecule has 0 bridgehead atoms. The standard InChI is InChI=1S/C15H17N3O3S/c19-22(20,21)11-5-7-13-6-4-10-16-15(13)12-17-18-14-8-2-1-3-9-14/h1-4,6,8-10H,5,7,11-12H2,(H,19,20,21). The molecule has 7 heteroatoms. The first-order valence-electron chi connectivity index (χ1n) is 6.85. The molecule has 0 aliphatic rings. The van der Waals surface area contributed by atoms with Crippen molar-refractivity contribution in [2.24, 2.45) is 10.2 Å². The van der Waals surface area contributed by atoms with Crippen molar-refractivity contribution < 1.29 is 13.0 Å². The highest BCUT2D eigenvalue weighted by atomic mass is 32.2. The summed E-state index contributed by atoms with van der Waals surface area (Å²) >= 11 is 0. The predicted octanol–water partition coefficient (Wildman–Crippen LogP) is 3.19.